The Bertz CT molecular complexity index is 955. The summed E-state index contributed by atoms with van der Waals surface area (Å²) >= 11 is 6.11. The van der Waals surface area contributed by atoms with E-state index in [-0.39, 0.29) is 17.9 Å². The van der Waals surface area contributed by atoms with Gasteiger partial charge in [-0.15, -0.1) is 0 Å². The zero-order valence-electron chi connectivity index (χ0n) is 18.4. The number of benzene rings is 1. The maximum absolute atomic E-state index is 13.2. The van der Waals surface area contributed by atoms with Crippen molar-refractivity contribution in [2.24, 2.45) is 5.92 Å². The molecule has 0 bridgehead atoms. The molecule has 1 aromatic carbocycles. The number of hydrogen-bond donors (Lipinski definition) is 0. The third-order valence-electron chi connectivity index (χ3n) is 5.24. The molecule has 1 fully saturated rings. The van der Waals surface area contributed by atoms with Crippen LogP contribution in [0.3, 0.4) is 0 Å². The van der Waals surface area contributed by atoms with E-state index in [9.17, 15) is 9.59 Å². The molecule has 0 spiro atoms. The van der Waals surface area contributed by atoms with Gasteiger partial charge in [0.15, 0.2) is 0 Å². The lowest BCUT2D eigenvalue weighted by atomic mass is 9.96. The topological polar surface area (TPSA) is 62.7 Å². The Hall–Kier alpha value is -2.34. The minimum atomic E-state index is -0.524. The second-order valence-corrected chi connectivity index (χ2v) is 9.52. The van der Waals surface area contributed by atoms with Crippen LogP contribution in [0.5, 0.6) is 0 Å². The Balaban J connectivity index is 1.70. The van der Waals surface area contributed by atoms with E-state index in [0.717, 1.165) is 23.7 Å². The molecule has 30 heavy (non-hydrogen) atoms. The molecule has 0 aliphatic carbocycles. The van der Waals surface area contributed by atoms with Crippen molar-refractivity contribution in [1.82, 2.24) is 14.8 Å². The lowest BCUT2D eigenvalue weighted by Crippen LogP contribution is -2.45. The van der Waals surface area contributed by atoms with Crippen LogP contribution in [0.2, 0.25) is 5.02 Å². The van der Waals surface area contributed by atoms with Crippen molar-refractivity contribution >= 4 is 34.5 Å². The van der Waals surface area contributed by atoms with Crippen LogP contribution in [0, 0.1) is 12.8 Å². The quantitative estimate of drug-likeness (QED) is 0.692. The number of likely N-dealkylation sites (tertiary alicyclic amines) is 1. The number of aryl methyl sites for hydroxylation is 1. The number of fused-ring (bicyclic) bond motifs is 1. The predicted octanol–water partition coefficient (Wildman–Crippen LogP) is 4.92. The highest BCUT2D eigenvalue weighted by atomic mass is 35.5. The fraction of sp³-hybridized carbons (Fsp3) is 0.522. The molecule has 162 valence electrons. The number of pyridine rings is 1. The summed E-state index contributed by atoms with van der Waals surface area (Å²) in [6.45, 7) is 9.30. The van der Waals surface area contributed by atoms with E-state index in [2.05, 4.69) is 4.98 Å². The smallest absolute Gasteiger partial charge is 0.410 e. The maximum Gasteiger partial charge on any atom is 0.410 e. The average Bonchev–Trinajstić information content (AvgIpc) is 2.66. The van der Waals surface area contributed by atoms with Gasteiger partial charge in [-0.25, -0.2) is 4.79 Å². The van der Waals surface area contributed by atoms with E-state index < -0.39 is 5.60 Å². The summed E-state index contributed by atoms with van der Waals surface area (Å²) in [7, 11) is 1.75. The van der Waals surface area contributed by atoms with E-state index >= 15 is 0 Å². The zero-order valence-corrected chi connectivity index (χ0v) is 19.1. The summed E-state index contributed by atoms with van der Waals surface area (Å²) in [6.07, 6.45) is 1.55. The lowest BCUT2D eigenvalue weighted by Gasteiger charge is -2.35. The molecule has 7 heteroatoms. The molecule has 1 aliphatic rings. The van der Waals surface area contributed by atoms with Gasteiger partial charge in [0.05, 0.1) is 16.8 Å². The number of amides is 2. The molecule has 2 heterocycles. The van der Waals surface area contributed by atoms with Crippen molar-refractivity contribution in [3.8, 4) is 0 Å². The van der Waals surface area contributed by atoms with Gasteiger partial charge in [-0.3, -0.25) is 9.78 Å². The number of hydrogen-bond acceptors (Lipinski definition) is 4. The minimum Gasteiger partial charge on any atom is -0.444 e. The van der Waals surface area contributed by atoms with Crippen molar-refractivity contribution in [3.63, 3.8) is 0 Å². The molecule has 1 aromatic heterocycles. The van der Waals surface area contributed by atoms with E-state index in [4.69, 9.17) is 16.3 Å². The number of ether oxygens (including phenoxy) is 1. The molecule has 3 rings (SSSR count). The van der Waals surface area contributed by atoms with E-state index in [0.29, 0.717) is 35.9 Å². The van der Waals surface area contributed by atoms with Gasteiger partial charge in [-0.1, -0.05) is 11.6 Å². The Morgan fingerprint density at radius 2 is 2.03 bits per heavy atom. The van der Waals surface area contributed by atoms with Gasteiger partial charge >= 0.3 is 6.09 Å². The van der Waals surface area contributed by atoms with Gasteiger partial charge in [0.1, 0.15) is 5.60 Å². The monoisotopic (exact) mass is 431 g/mol. The number of carbonyl (C=O) groups is 2. The fourth-order valence-electron chi connectivity index (χ4n) is 3.83. The Kier molecular flexibility index (Phi) is 6.56. The molecule has 0 N–H and O–H groups in total. The summed E-state index contributed by atoms with van der Waals surface area (Å²) in [5.41, 5.74) is 1.61. The molecule has 1 aliphatic heterocycles. The van der Waals surface area contributed by atoms with Crippen LogP contribution in [0.4, 0.5) is 4.79 Å². The second kappa shape index (κ2) is 8.80. The first-order chi connectivity index (χ1) is 14.0. The third kappa shape index (κ3) is 5.42. The van der Waals surface area contributed by atoms with Gasteiger partial charge in [-0.2, -0.15) is 0 Å². The molecule has 1 unspecified atom stereocenters. The zero-order chi connectivity index (χ0) is 22.1. The van der Waals surface area contributed by atoms with Gasteiger partial charge in [-0.05, 0) is 70.7 Å². The largest absolute Gasteiger partial charge is 0.444 e. The Morgan fingerprint density at radius 3 is 2.73 bits per heavy atom. The first-order valence-corrected chi connectivity index (χ1v) is 10.7. The molecule has 1 atom stereocenters. The van der Waals surface area contributed by atoms with Crippen molar-refractivity contribution in [1.29, 1.82) is 0 Å². The fourth-order valence-corrected chi connectivity index (χ4v) is 4.01. The van der Waals surface area contributed by atoms with Crippen molar-refractivity contribution in [2.75, 3.05) is 26.7 Å². The van der Waals surface area contributed by atoms with Crippen LogP contribution in [-0.4, -0.2) is 59.1 Å². The van der Waals surface area contributed by atoms with Crippen LogP contribution in [-0.2, 0) is 4.74 Å². The van der Waals surface area contributed by atoms with Crippen LogP contribution >= 0.6 is 11.6 Å². The predicted molar refractivity (Wildman–Crippen MR) is 119 cm³/mol. The Morgan fingerprint density at radius 1 is 1.30 bits per heavy atom. The highest BCUT2D eigenvalue weighted by Gasteiger charge is 2.28. The summed E-state index contributed by atoms with van der Waals surface area (Å²) in [5, 5.41) is 1.48. The number of halogens is 1. The number of aromatic nitrogens is 1. The highest BCUT2D eigenvalue weighted by molar-refractivity contribution is 6.31. The third-order valence-corrected chi connectivity index (χ3v) is 5.48. The van der Waals surface area contributed by atoms with Crippen molar-refractivity contribution < 1.29 is 14.3 Å². The molecular formula is C23H30ClN3O3. The average molecular weight is 432 g/mol. The van der Waals surface area contributed by atoms with E-state index in [1.165, 1.54) is 0 Å². The number of piperidine rings is 1. The van der Waals surface area contributed by atoms with Gasteiger partial charge in [0.2, 0.25) is 0 Å². The molecule has 0 saturated carbocycles. The van der Waals surface area contributed by atoms with Gasteiger partial charge in [0.25, 0.3) is 5.91 Å². The van der Waals surface area contributed by atoms with Crippen molar-refractivity contribution in [2.45, 2.75) is 46.1 Å². The lowest BCUT2D eigenvalue weighted by molar-refractivity contribution is 0.0244. The number of rotatable bonds is 3. The molecule has 0 radical (unpaired) electrons. The SMILES string of the molecule is Cc1nc2ccc(Cl)cc2cc1C(=O)N1CCCC(CN(C)C(=O)OC(C)(C)C)C1. The first kappa shape index (κ1) is 22.3. The van der Waals surface area contributed by atoms with Crippen LogP contribution in [0.25, 0.3) is 10.9 Å². The number of nitrogens with zero attached hydrogens (tertiary/aromatic N) is 3. The standard InChI is InChI=1S/C23H30ClN3O3/c1-15-19(12-17-11-18(24)8-9-20(17)25-15)21(28)27-10-6-7-16(14-27)13-26(5)22(29)30-23(2,3)4/h8-9,11-12,16H,6-7,10,13-14H2,1-5H3. The summed E-state index contributed by atoms with van der Waals surface area (Å²) < 4.78 is 5.44. The number of carbonyl (C=O) groups excluding carboxylic acids is 2. The van der Waals surface area contributed by atoms with Crippen LogP contribution in [0.1, 0.15) is 49.7 Å². The van der Waals surface area contributed by atoms with Crippen molar-refractivity contribution in [3.05, 3.63) is 40.5 Å². The molecule has 6 nitrogen and oxygen atoms in total. The molecule has 2 amide bonds. The van der Waals surface area contributed by atoms with E-state index in [1.54, 1.807) is 18.0 Å². The van der Waals surface area contributed by atoms with Crippen LogP contribution < -0.4 is 0 Å². The summed E-state index contributed by atoms with van der Waals surface area (Å²) in [5.74, 6) is 0.190. The normalized spacial score (nSPS) is 17.1. The summed E-state index contributed by atoms with van der Waals surface area (Å²) in [6, 6.07) is 7.37. The van der Waals surface area contributed by atoms with E-state index in [1.807, 2.05) is 50.8 Å². The molecular weight excluding hydrogens is 402 g/mol. The summed E-state index contributed by atoms with van der Waals surface area (Å²) in [4.78, 5) is 33.6. The van der Waals surface area contributed by atoms with Gasteiger partial charge in [0, 0.05) is 37.1 Å². The first-order valence-electron chi connectivity index (χ1n) is 10.3. The Labute approximate surface area is 183 Å². The molecule has 1 saturated heterocycles. The molecule has 2 aromatic rings. The minimum absolute atomic E-state index is 0.0218. The van der Waals surface area contributed by atoms with Crippen LogP contribution in [0.15, 0.2) is 24.3 Å². The second-order valence-electron chi connectivity index (χ2n) is 9.08. The maximum atomic E-state index is 13.2. The van der Waals surface area contributed by atoms with Gasteiger partial charge < -0.3 is 14.5 Å². The highest BCUT2D eigenvalue weighted by Crippen LogP contribution is 2.24.